The monoisotopic (exact) mass is 210 g/mol. The van der Waals surface area contributed by atoms with E-state index in [9.17, 15) is 14.4 Å². The largest absolute Gasteiger partial charge is 0.302 e. The molecular weight excluding hydrogens is 192 g/mol. The Labute approximate surface area is 90.2 Å². The molecule has 0 aromatic carbocycles. The zero-order valence-corrected chi connectivity index (χ0v) is 9.25. The van der Waals surface area contributed by atoms with Crippen LogP contribution in [0.3, 0.4) is 0 Å². The number of carbonyl (C=O) groups is 3. The molecule has 15 heavy (non-hydrogen) atoms. The van der Waals surface area contributed by atoms with E-state index in [4.69, 9.17) is 0 Å². The van der Waals surface area contributed by atoms with Gasteiger partial charge < -0.3 is 4.79 Å². The number of Topliss-reactive ketones (excluding diaryl/α,β-unsaturated/α-hetero) is 2. The molecule has 1 atom stereocenters. The number of carbonyl (C=O) groups excluding carboxylic acids is 3. The second-order valence-corrected chi connectivity index (χ2v) is 4.30. The summed E-state index contributed by atoms with van der Waals surface area (Å²) in [4.78, 5) is 34.0. The van der Waals surface area contributed by atoms with E-state index in [0.717, 1.165) is 19.1 Å². The minimum absolute atomic E-state index is 0.0349. The molecule has 1 aliphatic carbocycles. The predicted molar refractivity (Wildman–Crippen MR) is 56.5 cm³/mol. The van der Waals surface area contributed by atoms with Crippen LogP contribution in [-0.4, -0.2) is 17.9 Å². The van der Waals surface area contributed by atoms with Gasteiger partial charge in [0.05, 0.1) is 5.41 Å². The average Bonchev–Trinajstić information content (AvgIpc) is 2.28. The van der Waals surface area contributed by atoms with Crippen molar-refractivity contribution in [1.29, 1.82) is 0 Å². The van der Waals surface area contributed by atoms with E-state index in [0.29, 0.717) is 32.1 Å². The molecule has 0 radical (unpaired) electrons. The molecule has 1 rings (SSSR count). The Hall–Kier alpha value is -0.990. The third-order valence-corrected chi connectivity index (χ3v) is 3.30. The fourth-order valence-corrected chi connectivity index (χ4v) is 2.10. The molecule has 0 bridgehead atoms. The topological polar surface area (TPSA) is 51.2 Å². The first kappa shape index (κ1) is 12.1. The molecule has 3 nitrogen and oxygen atoms in total. The fraction of sp³-hybridized carbons (Fsp3) is 0.750. The van der Waals surface area contributed by atoms with E-state index in [1.54, 1.807) is 6.92 Å². The molecule has 1 saturated carbocycles. The normalized spacial score (nSPS) is 26.3. The molecule has 0 heterocycles. The summed E-state index contributed by atoms with van der Waals surface area (Å²) in [5.41, 5.74) is -0.830. The van der Waals surface area contributed by atoms with Gasteiger partial charge in [-0.1, -0.05) is 13.3 Å². The van der Waals surface area contributed by atoms with Crippen molar-refractivity contribution in [3.63, 3.8) is 0 Å². The molecule has 0 N–H and O–H groups in total. The summed E-state index contributed by atoms with van der Waals surface area (Å²) in [7, 11) is 0. The SMILES string of the molecule is CCC(=O)CCC1(C=O)CCCCC1=O. The molecule has 0 aromatic heterocycles. The standard InChI is InChI=1S/C12H18O3/c1-2-10(14)6-8-12(9-13)7-4-3-5-11(12)15/h9H,2-8H2,1H3. The van der Waals surface area contributed by atoms with E-state index in [-0.39, 0.29) is 11.6 Å². The maximum absolute atomic E-state index is 11.7. The lowest BCUT2D eigenvalue weighted by atomic mass is 9.71. The molecule has 0 saturated heterocycles. The summed E-state index contributed by atoms with van der Waals surface area (Å²) in [5, 5.41) is 0. The van der Waals surface area contributed by atoms with Gasteiger partial charge in [-0.25, -0.2) is 0 Å². The highest BCUT2D eigenvalue weighted by Gasteiger charge is 2.39. The number of aldehydes is 1. The molecule has 0 spiro atoms. The van der Waals surface area contributed by atoms with E-state index in [2.05, 4.69) is 0 Å². The number of rotatable bonds is 5. The second kappa shape index (κ2) is 5.19. The van der Waals surface area contributed by atoms with Gasteiger partial charge in [0.1, 0.15) is 17.9 Å². The van der Waals surface area contributed by atoms with Gasteiger partial charge in [0, 0.05) is 19.3 Å². The second-order valence-electron chi connectivity index (χ2n) is 4.30. The lowest BCUT2D eigenvalue weighted by molar-refractivity contribution is -0.138. The minimum Gasteiger partial charge on any atom is -0.302 e. The third-order valence-electron chi connectivity index (χ3n) is 3.30. The zero-order valence-electron chi connectivity index (χ0n) is 9.25. The highest BCUT2D eigenvalue weighted by Crippen LogP contribution is 2.35. The molecule has 0 aromatic rings. The highest BCUT2D eigenvalue weighted by atomic mass is 16.1. The van der Waals surface area contributed by atoms with Crippen molar-refractivity contribution in [3.8, 4) is 0 Å². The Morgan fingerprint density at radius 2 is 2.20 bits per heavy atom. The van der Waals surface area contributed by atoms with Crippen molar-refractivity contribution < 1.29 is 14.4 Å². The summed E-state index contributed by atoms with van der Waals surface area (Å²) < 4.78 is 0. The molecule has 0 aliphatic heterocycles. The maximum atomic E-state index is 11.7. The van der Waals surface area contributed by atoms with Crippen LogP contribution < -0.4 is 0 Å². The Balaban J connectivity index is 2.62. The van der Waals surface area contributed by atoms with Crippen molar-refractivity contribution in [2.24, 2.45) is 5.41 Å². The van der Waals surface area contributed by atoms with Gasteiger partial charge in [-0.15, -0.1) is 0 Å². The maximum Gasteiger partial charge on any atom is 0.146 e. The van der Waals surface area contributed by atoms with Gasteiger partial charge in [0.25, 0.3) is 0 Å². The fourth-order valence-electron chi connectivity index (χ4n) is 2.10. The summed E-state index contributed by atoms with van der Waals surface area (Å²) in [5.74, 6) is 0.169. The predicted octanol–water partition coefficient (Wildman–Crippen LogP) is 2.07. The Kier molecular flexibility index (Phi) is 4.18. The number of hydrogen-bond donors (Lipinski definition) is 0. The van der Waals surface area contributed by atoms with Crippen LogP contribution >= 0.6 is 0 Å². The number of ketones is 2. The lowest BCUT2D eigenvalue weighted by Gasteiger charge is -2.30. The first-order valence-corrected chi connectivity index (χ1v) is 5.66. The Morgan fingerprint density at radius 1 is 1.47 bits per heavy atom. The zero-order chi connectivity index (χ0) is 11.3. The van der Waals surface area contributed by atoms with Crippen LogP contribution in [-0.2, 0) is 14.4 Å². The van der Waals surface area contributed by atoms with E-state index in [1.807, 2.05) is 0 Å². The van der Waals surface area contributed by atoms with Gasteiger partial charge >= 0.3 is 0 Å². The van der Waals surface area contributed by atoms with Gasteiger partial charge in [-0.2, -0.15) is 0 Å². The van der Waals surface area contributed by atoms with Crippen LogP contribution in [0.2, 0.25) is 0 Å². The van der Waals surface area contributed by atoms with Crippen molar-refractivity contribution in [3.05, 3.63) is 0 Å². The van der Waals surface area contributed by atoms with E-state index in [1.165, 1.54) is 0 Å². The Morgan fingerprint density at radius 3 is 2.73 bits per heavy atom. The number of hydrogen-bond acceptors (Lipinski definition) is 3. The molecule has 1 unspecified atom stereocenters. The summed E-state index contributed by atoms with van der Waals surface area (Å²) in [6, 6.07) is 0. The van der Waals surface area contributed by atoms with Gasteiger partial charge in [0.15, 0.2) is 0 Å². The minimum atomic E-state index is -0.830. The van der Waals surface area contributed by atoms with Crippen molar-refractivity contribution in [2.45, 2.75) is 51.9 Å². The van der Waals surface area contributed by atoms with Crippen LogP contribution in [0.5, 0.6) is 0 Å². The first-order chi connectivity index (χ1) is 7.14. The quantitative estimate of drug-likeness (QED) is 0.515. The van der Waals surface area contributed by atoms with Crippen LogP contribution in [0, 0.1) is 5.41 Å². The van der Waals surface area contributed by atoms with Crippen molar-refractivity contribution >= 4 is 17.9 Å². The molecule has 1 aliphatic rings. The van der Waals surface area contributed by atoms with Crippen molar-refractivity contribution in [2.75, 3.05) is 0 Å². The Bertz CT molecular complexity index is 270. The third kappa shape index (κ3) is 2.74. The van der Waals surface area contributed by atoms with Gasteiger partial charge in [-0.05, 0) is 19.3 Å². The molecule has 1 fully saturated rings. The van der Waals surface area contributed by atoms with Crippen LogP contribution in [0.1, 0.15) is 51.9 Å². The lowest BCUT2D eigenvalue weighted by Crippen LogP contribution is -2.36. The molecular formula is C12H18O3. The van der Waals surface area contributed by atoms with Crippen LogP contribution in [0.15, 0.2) is 0 Å². The van der Waals surface area contributed by atoms with Gasteiger partial charge in [0.2, 0.25) is 0 Å². The summed E-state index contributed by atoms with van der Waals surface area (Å²) >= 11 is 0. The van der Waals surface area contributed by atoms with Crippen LogP contribution in [0.25, 0.3) is 0 Å². The molecule has 84 valence electrons. The van der Waals surface area contributed by atoms with E-state index < -0.39 is 5.41 Å². The average molecular weight is 210 g/mol. The smallest absolute Gasteiger partial charge is 0.146 e. The van der Waals surface area contributed by atoms with E-state index >= 15 is 0 Å². The summed E-state index contributed by atoms with van der Waals surface area (Å²) in [6.45, 7) is 1.80. The van der Waals surface area contributed by atoms with Crippen molar-refractivity contribution in [1.82, 2.24) is 0 Å². The summed E-state index contributed by atoms with van der Waals surface area (Å²) in [6.07, 6.45) is 4.98. The molecule has 0 amide bonds. The highest BCUT2D eigenvalue weighted by molar-refractivity contribution is 5.99. The molecule has 3 heteroatoms. The first-order valence-electron chi connectivity index (χ1n) is 5.66. The van der Waals surface area contributed by atoms with Gasteiger partial charge in [-0.3, -0.25) is 9.59 Å². The van der Waals surface area contributed by atoms with Crippen LogP contribution in [0.4, 0.5) is 0 Å².